The standard InChI is InChI=1S/C21H28N4S/c1-17-3-5-18(6-4-17)15-23-21(22-2)24-16-19-7-9-20(10-8-19)25-11-13-26-14-12-25/h3-10H,11-16H2,1-2H3,(H2,22,23,24). The van der Waals surface area contributed by atoms with Gasteiger partial charge in [0.1, 0.15) is 0 Å². The Morgan fingerprint density at radius 3 is 2.00 bits per heavy atom. The van der Waals surface area contributed by atoms with Gasteiger partial charge in [-0.3, -0.25) is 4.99 Å². The molecule has 1 heterocycles. The summed E-state index contributed by atoms with van der Waals surface area (Å²) in [6.07, 6.45) is 0. The summed E-state index contributed by atoms with van der Waals surface area (Å²) in [7, 11) is 1.81. The highest BCUT2D eigenvalue weighted by Gasteiger charge is 2.10. The van der Waals surface area contributed by atoms with E-state index >= 15 is 0 Å². The predicted octanol–water partition coefficient (Wildman–Crippen LogP) is 3.41. The fraction of sp³-hybridized carbons (Fsp3) is 0.381. The molecule has 0 radical (unpaired) electrons. The van der Waals surface area contributed by atoms with E-state index in [-0.39, 0.29) is 0 Å². The first-order valence-corrected chi connectivity index (χ1v) is 10.3. The van der Waals surface area contributed by atoms with Crippen molar-refractivity contribution < 1.29 is 0 Å². The lowest BCUT2D eigenvalue weighted by Gasteiger charge is -2.28. The zero-order valence-electron chi connectivity index (χ0n) is 15.7. The van der Waals surface area contributed by atoms with Gasteiger partial charge in [-0.05, 0) is 30.2 Å². The SMILES string of the molecule is CN=C(NCc1ccc(C)cc1)NCc1ccc(N2CCSCC2)cc1. The zero-order chi connectivity index (χ0) is 18.2. The van der Waals surface area contributed by atoms with Crippen molar-refractivity contribution in [2.45, 2.75) is 20.0 Å². The van der Waals surface area contributed by atoms with E-state index in [0.717, 1.165) is 32.1 Å². The number of nitrogens with one attached hydrogen (secondary N) is 2. The third-order valence-electron chi connectivity index (χ3n) is 4.58. The maximum Gasteiger partial charge on any atom is 0.191 e. The number of nitrogens with zero attached hydrogens (tertiary/aromatic N) is 2. The molecule has 0 aliphatic carbocycles. The largest absolute Gasteiger partial charge is 0.370 e. The highest BCUT2D eigenvalue weighted by Crippen LogP contribution is 2.19. The third kappa shape index (κ3) is 5.43. The maximum atomic E-state index is 4.31. The highest BCUT2D eigenvalue weighted by atomic mass is 32.2. The van der Waals surface area contributed by atoms with E-state index in [1.807, 2.05) is 18.8 Å². The number of aryl methyl sites for hydroxylation is 1. The lowest BCUT2D eigenvalue weighted by molar-refractivity contribution is 0.808. The lowest BCUT2D eigenvalue weighted by atomic mass is 10.1. The topological polar surface area (TPSA) is 39.7 Å². The lowest BCUT2D eigenvalue weighted by Crippen LogP contribution is -2.36. The van der Waals surface area contributed by atoms with Gasteiger partial charge in [-0.2, -0.15) is 11.8 Å². The average Bonchev–Trinajstić information content (AvgIpc) is 2.70. The van der Waals surface area contributed by atoms with E-state index in [0.29, 0.717) is 0 Å². The number of anilines is 1. The molecule has 0 saturated carbocycles. The van der Waals surface area contributed by atoms with E-state index < -0.39 is 0 Å². The molecule has 26 heavy (non-hydrogen) atoms. The van der Waals surface area contributed by atoms with Crippen LogP contribution in [0.25, 0.3) is 0 Å². The number of rotatable bonds is 5. The molecule has 3 rings (SSSR count). The van der Waals surface area contributed by atoms with E-state index in [2.05, 4.69) is 76.0 Å². The smallest absolute Gasteiger partial charge is 0.191 e. The molecule has 0 spiro atoms. The number of thioether (sulfide) groups is 1. The quantitative estimate of drug-likeness (QED) is 0.627. The van der Waals surface area contributed by atoms with Crippen molar-refractivity contribution in [2.24, 2.45) is 4.99 Å². The number of hydrogen-bond acceptors (Lipinski definition) is 3. The van der Waals surface area contributed by atoms with Crippen LogP contribution in [0.4, 0.5) is 5.69 Å². The molecule has 0 amide bonds. The molecule has 2 N–H and O–H groups in total. The summed E-state index contributed by atoms with van der Waals surface area (Å²) in [4.78, 5) is 6.78. The number of hydrogen-bond donors (Lipinski definition) is 2. The van der Waals surface area contributed by atoms with Crippen LogP contribution in [0.5, 0.6) is 0 Å². The van der Waals surface area contributed by atoms with Gasteiger partial charge in [-0.15, -0.1) is 0 Å². The summed E-state index contributed by atoms with van der Waals surface area (Å²) < 4.78 is 0. The number of aliphatic imine (C=N–C) groups is 1. The molecule has 2 aromatic carbocycles. The Bertz CT molecular complexity index is 704. The van der Waals surface area contributed by atoms with Crippen molar-refractivity contribution >= 4 is 23.4 Å². The molecular weight excluding hydrogens is 340 g/mol. The van der Waals surface area contributed by atoms with Gasteiger partial charge in [0, 0.05) is 50.4 Å². The van der Waals surface area contributed by atoms with Crippen molar-refractivity contribution in [1.29, 1.82) is 0 Å². The van der Waals surface area contributed by atoms with Crippen LogP contribution in [0.3, 0.4) is 0 Å². The second-order valence-corrected chi connectivity index (χ2v) is 7.76. The first-order valence-electron chi connectivity index (χ1n) is 9.16. The minimum absolute atomic E-state index is 0.768. The molecule has 138 valence electrons. The first-order chi connectivity index (χ1) is 12.7. The summed E-state index contributed by atoms with van der Waals surface area (Å²) in [5.41, 5.74) is 5.12. The molecule has 1 aliphatic heterocycles. The summed E-state index contributed by atoms with van der Waals surface area (Å²) in [5.74, 6) is 3.28. The molecular formula is C21H28N4S. The maximum absolute atomic E-state index is 4.31. The molecule has 0 aromatic heterocycles. The Hall–Kier alpha value is -2.14. The van der Waals surface area contributed by atoms with E-state index in [4.69, 9.17) is 0 Å². The zero-order valence-corrected chi connectivity index (χ0v) is 16.5. The second-order valence-electron chi connectivity index (χ2n) is 6.53. The summed E-state index contributed by atoms with van der Waals surface area (Å²) in [6.45, 7) is 5.94. The third-order valence-corrected chi connectivity index (χ3v) is 5.52. The summed E-state index contributed by atoms with van der Waals surface area (Å²) in [6, 6.07) is 17.4. The molecule has 0 unspecified atom stereocenters. The van der Waals surface area contributed by atoms with Gasteiger partial charge >= 0.3 is 0 Å². The van der Waals surface area contributed by atoms with Gasteiger partial charge in [0.25, 0.3) is 0 Å². The Morgan fingerprint density at radius 1 is 0.923 bits per heavy atom. The van der Waals surface area contributed by atoms with Crippen LogP contribution in [0.2, 0.25) is 0 Å². The van der Waals surface area contributed by atoms with E-state index in [1.54, 1.807) is 0 Å². The normalized spacial score (nSPS) is 15.0. The van der Waals surface area contributed by atoms with E-state index in [1.165, 1.54) is 33.9 Å². The second kappa shape index (κ2) is 9.53. The van der Waals surface area contributed by atoms with Crippen molar-refractivity contribution in [3.05, 3.63) is 65.2 Å². The van der Waals surface area contributed by atoms with Crippen molar-refractivity contribution in [2.75, 3.05) is 36.5 Å². The predicted molar refractivity (Wildman–Crippen MR) is 114 cm³/mol. The van der Waals surface area contributed by atoms with Crippen molar-refractivity contribution in [3.8, 4) is 0 Å². The van der Waals surface area contributed by atoms with Crippen molar-refractivity contribution in [1.82, 2.24) is 10.6 Å². The average molecular weight is 369 g/mol. The Morgan fingerprint density at radius 2 is 1.46 bits per heavy atom. The van der Waals surface area contributed by atoms with Crippen LogP contribution in [-0.4, -0.2) is 37.6 Å². The van der Waals surface area contributed by atoms with Crippen LogP contribution >= 0.6 is 11.8 Å². The fourth-order valence-electron chi connectivity index (χ4n) is 2.94. The fourth-order valence-corrected chi connectivity index (χ4v) is 3.85. The Balaban J connectivity index is 1.47. The molecule has 1 aliphatic rings. The Labute approximate surface area is 161 Å². The first kappa shape index (κ1) is 18.6. The van der Waals surface area contributed by atoms with Gasteiger partial charge in [-0.25, -0.2) is 0 Å². The van der Waals surface area contributed by atoms with Gasteiger partial charge in [-0.1, -0.05) is 42.0 Å². The monoisotopic (exact) mass is 368 g/mol. The van der Waals surface area contributed by atoms with Gasteiger partial charge in [0.05, 0.1) is 0 Å². The number of guanidine groups is 1. The van der Waals surface area contributed by atoms with Crippen LogP contribution < -0.4 is 15.5 Å². The minimum atomic E-state index is 0.768. The van der Waals surface area contributed by atoms with Crippen LogP contribution in [-0.2, 0) is 13.1 Å². The molecule has 1 fully saturated rings. The molecule has 0 bridgehead atoms. The van der Waals surface area contributed by atoms with Crippen LogP contribution in [0, 0.1) is 6.92 Å². The van der Waals surface area contributed by atoms with Gasteiger partial charge in [0.15, 0.2) is 5.96 Å². The summed E-state index contributed by atoms with van der Waals surface area (Å²) in [5, 5.41) is 6.76. The molecule has 2 aromatic rings. The van der Waals surface area contributed by atoms with E-state index in [9.17, 15) is 0 Å². The molecule has 5 heteroatoms. The molecule has 1 saturated heterocycles. The minimum Gasteiger partial charge on any atom is -0.370 e. The molecule has 0 atom stereocenters. The summed E-state index contributed by atoms with van der Waals surface area (Å²) >= 11 is 2.04. The van der Waals surface area contributed by atoms with Crippen molar-refractivity contribution in [3.63, 3.8) is 0 Å². The Kier molecular flexibility index (Phi) is 6.83. The number of benzene rings is 2. The van der Waals surface area contributed by atoms with Crippen LogP contribution in [0.1, 0.15) is 16.7 Å². The molecule has 4 nitrogen and oxygen atoms in total. The highest BCUT2D eigenvalue weighted by molar-refractivity contribution is 7.99. The van der Waals surface area contributed by atoms with Crippen LogP contribution in [0.15, 0.2) is 53.5 Å². The van der Waals surface area contributed by atoms with Gasteiger partial charge < -0.3 is 15.5 Å². The van der Waals surface area contributed by atoms with Gasteiger partial charge in [0.2, 0.25) is 0 Å².